The zero-order valence-electron chi connectivity index (χ0n) is 16.3. The molecule has 0 unspecified atom stereocenters. The van der Waals surface area contributed by atoms with Gasteiger partial charge in [0.05, 0.1) is 18.6 Å². The Morgan fingerprint density at radius 3 is 2.10 bits per heavy atom. The van der Waals surface area contributed by atoms with Crippen molar-refractivity contribution in [2.24, 2.45) is 0 Å². The molecule has 0 amide bonds. The molecule has 29 heavy (non-hydrogen) atoms. The van der Waals surface area contributed by atoms with Crippen LogP contribution in [0.25, 0.3) is 0 Å². The van der Waals surface area contributed by atoms with Gasteiger partial charge in [0.2, 0.25) is 11.8 Å². The summed E-state index contributed by atoms with van der Waals surface area (Å²) < 4.78 is 10.6. The zero-order chi connectivity index (χ0) is 20.8. The number of nitrogens with zero attached hydrogens (tertiary/aromatic N) is 3. The molecule has 3 aromatic rings. The van der Waals surface area contributed by atoms with Crippen LogP contribution >= 0.6 is 0 Å². The number of methoxy groups -OCH3 is 1. The average Bonchev–Trinajstić information content (AvgIpc) is 2.70. The van der Waals surface area contributed by atoms with E-state index in [0.29, 0.717) is 18.0 Å². The van der Waals surface area contributed by atoms with Gasteiger partial charge in [-0.1, -0.05) is 0 Å². The predicted molar refractivity (Wildman–Crippen MR) is 111 cm³/mol. The van der Waals surface area contributed by atoms with Gasteiger partial charge in [-0.2, -0.15) is 4.98 Å². The second kappa shape index (κ2) is 8.87. The molecular weight excluding hydrogens is 374 g/mol. The summed E-state index contributed by atoms with van der Waals surface area (Å²) in [6.45, 7) is 4.07. The Morgan fingerprint density at radius 1 is 0.966 bits per heavy atom. The van der Waals surface area contributed by atoms with Crippen molar-refractivity contribution in [1.82, 2.24) is 9.97 Å². The fraction of sp³-hybridized carbons (Fsp3) is 0.200. The van der Waals surface area contributed by atoms with Gasteiger partial charge in [-0.05, 0) is 62.4 Å². The quantitative estimate of drug-likeness (QED) is 0.421. The fourth-order valence-corrected chi connectivity index (χ4v) is 2.67. The van der Waals surface area contributed by atoms with Crippen molar-refractivity contribution < 1.29 is 14.4 Å². The van der Waals surface area contributed by atoms with E-state index in [-0.39, 0.29) is 23.1 Å². The van der Waals surface area contributed by atoms with Crippen LogP contribution in [0.4, 0.5) is 28.8 Å². The molecule has 9 nitrogen and oxygen atoms in total. The molecule has 0 saturated carbocycles. The lowest BCUT2D eigenvalue weighted by Gasteiger charge is -2.11. The van der Waals surface area contributed by atoms with E-state index in [0.717, 1.165) is 11.4 Å². The Hall–Kier alpha value is -3.88. The van der Waals surface area contributed by atoms with Crippen molar-refractivity contribution in [3.05, 3.63) is 64.3 Å². The normalized spacial score (nSPS) is 10.3. The number of aryl methyl sites for hydroxylation is 1. The number of benzene rings is 2. The number of aromatic nitrogens is 2. The van der Waals surface area contributed by atoms with Crippen molar-refractivity contribution in [2.75, 3.05) is 24.4 Å². The molecular formula is C20H21N5O4. The third-order valence-electron chi connectivity index (χ3n) is 4.02. The smallest absolute Gasteiger partial charge is 0.332 e. The molecule has 0 atom stereocenters. The molecule has 1 heterocycles. The SMILES string of the molecule is CCOc1ccc(Nc2nc(C)c([N+](=O)[O-])c(Nc3ccc(OC)cc3)n2)cc1. The Labute approximate surface area is 167 Å². The van der Waals surface area contributed by atoms with E-state index in [9.17, 15) is 10.1 Å². The van der Waals surface area contributed by atoms with Gasteiger partial charge in [0, 0.05) is 11.4 Å². The van der Waals surface area contributed by atoms with Crippen LogP contribution < -0.4 is 20.1 Å². The summed E-state index contributed by atoms with van der Waals surface area (Å²) in [4.78, 5) is 19.6. The second-order valence-electron chi connectivity index (χ2n) is 6.02. The molecule has 0 radical (unpaired) electrons. The van der Waals surface area contributed by atoms with E-state index in [1.165, 1.54) is 0 Å². The molecule has 0 aliphatic heterocycles. The number of nitrogens with one attached hydrogen (secondary N) is 2. The van der Waals surface area contributed by atoms with Crippen molar-refractivity contribution in [2.45, 2.75) is 13.8 Å². The lowest BCUT2D eigenvalue weighted by molar-refractivity contribution is -0.385. The lowest BCUT2D eigenvalue weighted by Crippen LogP contribution is -2.07. The maximum Gasteiger partial charge on any atom is 0.332 e. The third kappa shape index (κ3) is 4.89. The van der Waals surface area contributed by atoms with Crippen LogP contribution in [0.2, 0.25) is 0 Å². The van der Waals surface area contributed by atoms with E-state index in [2.05, 4.69) is 20.6 Å². The molecule has 1 aromatic heterocycles. The number of ether oxygens (including phenoxy) is 2. The van der Waals surface area contributed by atoms with Crippen LogP contribution in [-0.4, -0.2) is 28.6 Å². The largest absolute Gasteiger partial charge is 0.497 e. The van der Waals surface area contributed by atoms with Gasteiger partial charge in [-0.15, -0.1) is 0 Å². The fourth-order valence-electron chi connectivity index (χ4n) is 2.67. The summed E-state index contributed by atoms with van der Waals surface area (Å²) in [5.74, 6) is 1.77. The third-order valence-corrected chi connectivity index (χ3v) is 4.02. The second-order valence-corrected chi connectivity index (χ2v) is 6.02. The number of hydrogen-bond donors (Lipinski definition) is 2. The van der Waals surface area contributed by atoms with Crippen molar-refractivity contribution in [1.29, 1.82) is 0 Å². The minimum atomic E-state index is -0.498. The number of nitro groups is 1. The van der Waals surface area contributed by atoms with Crippen LogP contribution in [0.3, 0.4) is 0 Å². The Balaban J connectivity index is 1.89. The van der Waals surface area contributed by atoms with Crippen LogP contribution in [0.5, 0.6) is 11.5 Å². The van der Waals surface area contributed by atoms with E-state index in [4.69, 9.17) is 9.47 Å². The molecule has 2 N–H and O–H groups in total. The highest BCUT2D eigenvalue weighted by atomic mass is 16.6. The first-order chi connectivity index (χ1) is 14.0. The van der Waals surface area contributed by atoms with Crippen LogP contribution in [-0.2, 0) is 0 Å². The summed E-state index contributed by atoms with van der Waals surface area (Å²) in [5, 5.41) is 17.6. The van der Waals surface area contributed by atoms with Gasteiger partial charge in [0.25, 0.3) is 0 Å². The molecule has 9 heteroatoms. The maximum atomic E-state index is 11.5. The molecule has 0 bridgehead atoms. The number of anilines is 4. The summed E-state index contributed by atoms with van der Waals surface area (Å²) >= 11 is 0. The van der Waals surface area contributed by atoms with E-state index in [1.54, 1.807) is 38.3 Å². The highest BCUT2D eigenvalue weighted by molar-refractivity contribution is 5.69. The highest BCUT2D eigenvalue weighted by Crippen LogP contribution is 2.30. The predicted octanol–water partition coefficient (Wildman–Crippen LogP) is 4.59. The first kappa shape index (κ1) is 19.9. The molecule has 0 saturated heterocycles. The Morgan fingerprint density at radius 2 is 1.55 bits per heavy atom. The van der Waals surface area contributed by atoms with Gasteiger partial charge < -0.3 is 20.1 Å². The standard InChI is InChI=1S/C20H21N5O4/c1-4-29-17-11-7-15(8-12-17)23-20-21-13(2)18(25(26)27)19(24-20)22-14-5-9-16(28-3)10-6-14/h5-12H,4H2,1-3H3,(H2,21,22,23,24). The summed E-state index contributed by atoms with van der Waals surface area (Å²) in [5.41, 5.74) is 1.43. The lowest BCUT2D eigenvalue weighted by atomic mass is 10.3. The Kier molecular flexibility index (Phi) is 6.08. The monoisotopic (exact) mass is 395 g/mol. The molecule has 0 aliphatic carbocycles. The first-order valence-electron chi connectivity index (χ1n) is 8.94. The summed E-state index contributed by atoms with van der Waals surface area (Å²) in [6.07, 6.45) is 0. The topological polar surface area (TPSA) is 111 Å². The summed E-state index contributed by atoms with van der Waals surface area (Å²) in [7, 11) is 1.57. The Bertz CT molecular complexity index is 991. The van der Waals surface area contributed by atoms with Crippen LogP contribution in [0.1, 0.15) is 12.6 Å². The van der Waals surface area contributed by atoms with Crippen molar-refractivity contribution in [3.8, 4) is 11.5 Å². The van der Waals surface area contributed by atoms with Gasteiger partial charge in [-0.3, -0.25) is 10.1 Å². The molecule has 0 aliphatic rings. The van der Waals surface area contributed by atoms with Crippen molar-refractivity contribution in [3.63, 3.8) is 0 Å². The van der Waals surface area contributed by atoms with Crippen LogP contribution in [0, 0.1) is 17.0 Å². The van der Waals surface area contributed by atoms with E-state index in [1.807, 2.05) is 31.2 Å². The van der Waals surface area contributed by atoms with Gasteiger partial charge >= 0.3 is 5.69 Å². The first-order valence-corrected chi connectivity index (χ1v) is 8.94. The highest BCUT2D eigenvalue weighted by Gasteiger charge is 2.22. The van der Waals surface area contributed by atoms with Gasteiger partial charge in [-0.25, -0.2) is 4.98 Å². The molecule has 150 valence electrons. The molecule has 2 aromatic carbocycles. The van der Waals surface area contributed by atoms with E-state index < -0.39 is 4.92 Å². The molecule has 0 spiro atoms. The molecule has 3 rings (SSSR count). The van der Waals surface area contributed by atoms with Gasteiger partial charge in [0.15, 0.2) is 0 Å². The van der Waals surface area contributed by atoms with E-state index >= 15 is 0 Å². The number of hydrogen-bond acceptors (Lipinski definition) is 8. The molecule has 0 fully saturated rings. The van der Waals surface area contributed by atoms with Crippen molar-refractivity contribution >= 4 is 28.8 Å². The minimum Gasteiger partial charge on any atom is -0.497 e. The van der Waals surface area contributed by atoms with Gasteiger partial charge in [0.1, 0.15) is 17.2 Å². The summed E-state index contributed by atoms with van der Waals surface area (Å²) in [6, 6.07) is 14.3. The minimum absolute atomic E-state index is 0.0982. The maximum absolute atomic E-state index is 11.5. The number of rotatable bonds is 8. The zero-order valence-corrected chi connectivity index (χ0v) is 16.3. The average molecular weight is 395 g/mol. The van der Waals surface area contributed by atoms with Crippen LogP contribution in [0.15, 0.2) is 48.5 Å².